The molecule has 7 heteroatoms. The van der Waals surface area contributed by atoms with Crippen LogP contribution in [-0.4, -0.2) is 44.0 Å². The van der Waals surface area contributed by atoms with Gasteiger partial charge in [-0.2, -0.15) is 0 Å². The number of esters is 1. The van der Waals surface area contributed by atoms with Gasteiger partial charge >= 0.3 is 12.1 Å². The lowest BCUT2D eigenvalue weighted by Gasteiger charge is -2.15. The number of amides is 1. The summed E-state index contributed by atoms with van der Waals surface area (Å²) < 4.78 is 9.57. The van der Waals surface area contributed by atoms with Crippen molar-refractivity contribution in [2.75, 3.05) is 21.2 Å². The summed E-state index contributed by atoms with van der Waals surface area (Å²) in [7, 11) is 4.50. The largest absolute Gasteiger partial charge is 0.464 e. The average Bonchev–Trinajstić information content (AvgIpc) is 2.50. The molecule has 0 spiro atoms. The number of methoxy groups -OCH3 is 1. The Hall–Kier alpha value is -2.83. The SMILES string of the molecule is COC(=O)/C(=C/C(=N)NC(=O)OCc1ccccc1)N(C)C. The Morgan fingerprint density at radius 2 is 1.91 bits per heavy atom. The number of carbonyl (C=O) groups excluding carboxylic acids is 2. The molecule has 0 radical (unpaired) electrons. The Balaban J connectivity index is 2.56. The van der Waals surface area contributed by atoms with E-state index in [2.05, 4.69) is 10.1 Å². The molecule has 0 aliphatic carbocycles. The van der Waals surface area contributed by atoms with Crippen LogP contribution in [-0.2, 0) is 20.9 Å². The lowest BCUT2D eigenvalue weighted by Crippen LogP contribution is -2.31. The molecule has 118 valence electrons. The van der Waals surface area contributed by atoms with Crippen molar-refractivity contribution < 1.29 is 19.1 Å². The first kappa shape index (κ1) is 17.2. The van der Waals surface area contributed by atoms with Gasteiger partial charge in [-0.1, -0.05) is 30.3 Å². The minimum atomic E-state index is -0.770. The quantitative estimate of drug-likeness (QED) is 0.372. The number of hydrogen-bond donors (Lipinski definition) is 2. The van der Waals surface area contributed by atoms with Crippen LogP contribution in [0.2, 0.25) is 0 Å². The van der Waals surface area contributed by atoms with Crippen LogP contribution in [0.1, 0.15) is 5.56 Å². The van der Waals surface area contributed by atoms with E-state index >= 15 is 0 Å². The number of amidine groups is 1. The van der Waals surface area contributed by atoms with E-state index in [1.165, 1.54) is 18.1 Å². The third-order valence-electron chi connectivity index (χ3n) is 2.61. The number of hydrogen-bond acceptors (Lipinski definition) is 6. The summed E-state index contributed by atoms with van der Waals surface area (Å²) in [6.45, 7) is 0.0984. The predicted octanol–water partition coefficient (Wildman–Crippen LogP) is 1.51. The monoisotopic (exact) mass is 305 g/mol. The maximum atomic E-state index is 11.6. The first-order chi connectivity index (χ1) is 10.4. The predicted molar refractivity (Wildman–Crippen MR) is 81.3 cm³/mol. The topological polar surface area (TPSA) is 91.7 Å². The second-order valence-electron chi connectivity index (χ2n) is 4.52. The molecule has 0 atom stereocenters. The second-order valence-corrected chi connectivity index (χ2v) is 4.52. The summed E-state index contributed by atoms with van der Waals surface area (Å²) in [5.74, 6) is -0.874. The maximum absolute atomic E-state index is 11.6. The highest BCUT2D eigenvalue weighted by Crippen LogP contribution is 2.02. The smallest absolute Gasteiger partial charge is 0.413 e. The van der Waals surface area contributed by atoms with Crippen LogP contribution < -0.4 is 5.32 Å². The highest BCUT2D eigenvalue weighted by atomic mass is 16.5. The molecule has 0 heterocycles. The van der Waals surface area contributed by atoms with E-state index in [1.807, 2.05) is 30.3 Å². The third-order valence-corrected chi connectivity index (χ3v) is 2.61. The highest BCUT2D eigenvalue weighted by molar-refractivity contribution is 6.04. The van der Waals surface area contributed by atoms with Gasteiger partial charge in [0.15, 0.2) is 0 Å². The Morgan fingerprint density at radius 1 is 1.27 bits per heavy atom. The van der Waals surface area contributed by atoms with Gasteiger partial charge in [0, 0.05) is 20.2 Å². The van der Waals surface area contributed by atoms with Crippen molar-refractivity contribution in [3.8, 4) is 0 Å². The van der Waals surface area contributed by atoms with E-state index in [-0.39, 0.29) is 18.1 Å². The standard InChI is InChI=1S/C15H19N3O4/c1-18(2)12(14(19)21-3)9-13(16)17-15(20)22-10-11-7-5-4-6-8-11/h4-9H,10H2,1-3H3,(H2,16,17,20)/b12-9-. The Kier molecular flexibility index (Phi) is 6.62. The van der Waals surface area contributed by atoms with Gasteiger partial charge in [-0.25, -0.2) is 9.59 Å². The van der Waals surface area contributed by atoms with E-state index in [4.69, 9.17) is 10.1 Å². The van der Waals surface area contributed by atoms with Gasteiger partial charge in [-0.05, 0) is 5.56 Å². The number of ether oxygens (including phenoxy) is 2. The van der Waals surface area contributed by atoms with Crippen molar-refractivity contribution in [2.24, 2.45) is 0 Å². The molecule has 7 nitrogen and oxygen atoms in total. The van der Waals surface area contributed by atoms with Crippen molar-refractivity contribution in [1.82, 2.24) is 10.2 Å². The molecule has 22 heavy (non-hydrogen) atoms. The fourth-order valence-electron chi connectivity index (χ4n) is 1.52. The molecule has 0 aliphatic rings. The molecular formula is C15H19N3O4. The average molecular weight is 305 g/mol. The van der Waals surface area contributed by atoms with E-state index in [9.17, 15) is 9.59 Å². The Labute approximate surface area is 129 Å². The van der Waals surface area contributed by atoms with Gasteiger partial charge in [0.05, 0.1) is 7.11 Å². The molecule has 1 aromatic rings. The van der Waals surface area contributed by atoms with Crippen molar-refractivity contribution in [3.63, 3.8) is 0 Å². The van der Waals surface area contributed by atoms with Gasteiger partial charge in [-0.15, -0.1) is 0 Å². The Bertz CT molecular complexity index is 567. The summed E-state index contributed by atoms with van der Waals surface area (Å²) in [5.41, 5.74) is 0.971. The molecule has 1 aromatic carbocycles. The maximum Gasteiger partial charge on any atom is 0.413 e. The van der Waals surface area contributed by atoms with Crippen LogP contribution in [0.5, 0.6) is 0 Å². The molecule has 0 unspecified atom stereocenters. The van der Waals surface area contributed by atoms with Crippen LogP contribution in [0.25, 0.3) is 0 Å². The number of carbonyl (C=O) groups is 2. The van der Waals surface area contributed by atoms with E-state index < -0.39 is 12.1 Å². The summed E-state index contributed by atoms with van der Waals surface area (Å²) in [5, 5.41) is 9.90. The zero-order chi connectivity index (χ0) is 16.5. The minimum absolute atomic E-state index is 0.0984. The van der Waals surface area contributed by atoms with Crippen LogP contribution in [0.4, 0.5) is 4.79 Å². The van der Waals surface area contributed by atoms with E-state index in [0.717, 1.165) is 5.56 Å². The minimum Gasteiger partial charge on any atom is -0.464 e. The molecule has 0 bridgehead atoms. The molecule has 0 aliphatic heterocycles. The fourth-order valence-corrected chi connectivity index (χ4v) is 1.52. The van der Waals surface area contributed by atoms with Crippen LogP contribution in [0, 0.1) is 5.41 Å². The van der Waals surface area contributed by atoms with Crippen LogP contribution in [0.15, 0.2) is 42.1 Å². The van der Waals surface area contributed by atoms with Crippen molar-refractivity contribution in [3.05, 3.63) is 47.7 Å². The zero-order valence-electron chi connectivity index (χ0n) is 12.8. The molecule has 1 rings (SSSR count). The normalized spacial score (nSPS) is 10.6. The number of nitrogens with one attached hydrogen (secondary N) is 2. The third kappa shape index (κ3) is 5.66. The summed E-state index contributed by atoms with van der Waals surface area (Å²) >= 11 is 0. The van der Waals surface area contributed by atoms with Gasteiger partial charge in [0.25, 0.3) is 0 Å². The second kappa shape index (κ2) is 8.46. The molecule has 0 aromatic heterocycles. The molecule has 2 N–H and O–H groups in total. The van der Waals surface area contributed by atoms with Gasteiger partial charge in [0.1, 0.15) is 18.1 Å². The van der Waals surface area contributed by atoms with Gasteiger partial charge in [-0.3, -0.25) is 10.7 Å². The number of likely N-dealkylation sites (N-methyl/N-ethyl adjacent to an activating group) is 1. The first-order valence-corrected chi connectivity index (χ1v) is 6.47. The van der Waals surface area contributed by atoms with E-state index in [0.29, 0.717) is 0 Å². The molecule has 1 amide bonds. The number of nitrogens with zero attached hydrogens (tertiary/aromatic N) is 1. The van der Waals surface area contributed by atoms with Gasteiger partial charge in [0.2, 0.25) is 0 Å². The molecule has 0 saturated heterocycles. The summed E-state index contributed by atoms with van der Waals surface area (Å²) in [6, 6.07) is 9.17. The highest BCUT2D eigenvalue weighted by Gasteiger charge is 2.14. The number of rotatable bonds is 5. The first-order valence-electron chi connectivity index (χ1n) is 6.47. The zero-order valence-corrected chi connectivity index (χ0v) is 12.8. The van der Waals surface area contributed by atoms with Crippen molar-refractivity contribution in [1.29, 1.82) is 5.41 Å². The van der Waals surface area contributed by atoms with Gasteiger partial charge < -0.3 is 14.4 Å². The summed E-state index contributed by atoms with van der Waals surface area (Å²) in [4.78, 5) is 24.6. The van der Waals surface area contributed by atoms with Crippen molar-refractivity contribution in [2.45, 2.75) is 6.61 Å². The van der Waals surface area contributed by atoms with E-state index in [1.54, 1.807) is 14.1 Å². The molecular weight excluding hydrogens is 286 g/mol. The fraction of sp³-hybridized carbons (Fsp3) is 0.267. The number of alkyl carbamates (subject to hydrolysis) is 1. The molecule has 0 saturated carbocycles. The Morgan fingerprint density at radius 3 is 2.45 bits per heavy atom. The lowest BCUT2D eigenvalue weighted by molar-refractivity contribution is -0.137. The van der Waals surface area contributed by atoms with Crippen LogP contribution in [0.3, 0.4) is 0 Å². The lowest BCUT2D eigenvalue weighted by atomic mass is 10.2. The van der Waals surface area contributed by atoms with Crippen molar-refractivity contribution >= 4 is 17.9 Å². The number of benzene rings is 1. The van der Waals surface area contributed by atoms with Crippen LogP contribution >= 0.6 is 0 Å². The summed E-state index contributed by atoms with van der Waals surface area (Å²) in [6.07, 6.45) is 0.420. The molecule has 0 fully saturated rings.